The number of benzene rings is 1. The van der Waals surface area contributed by atoms with E-state index >= 15 is 0 Å². The van der Waals surface area contributed by atoms with Crippen LogP contribution in [0.1, 0.15) is 31.7 Å². The first kappa shape index (κ1) is 27.4. The van der Waals surface area contributed by atoms with Crippen molar-refractivity contribution in [3.63, 3.8) is 0 Å². The van der Waals surface area contributed by atoms with Crippen LogP contribution in [-0.2, 0) is 25.6 Å². The maximum Gasteiger partial charge on any atom is 0.326 e. The van der Waals surface area contributed by atoms with Gasteiger partial charge in [0, 0.05) is 5.75 Å². The molecule has 11 heteroatoms. The van der Waals surface area contributed by atoms with Crippen LogP contribution < -0.4 is 27.4 Å². The van der Waals surface area contributed by atoms with Gasteiger partial charge < -0.3 is 32.5 Å². The van der Waals surface area contributed by atoms with Crippen LogP contribution in [0, 0.1) is 0 Å². The zero-order chi connectivity index (χ0) is 24.1. The Morgan fingerprint density at radius 1 is 0.969 bits per heavy atom. The fraction of sp³-hybridized carbons (Fsp3) is 0.524. The van der Waals surface area contributed by atoms with Crippen molar-refractivity contribution in [2.24, 2.45) is 11.5 Å². The SMILES string of the molecule is CC(NC(=O)C(N)Cc1ccccc1)C(=O)NC(CS)C(=O)NC(CCCCN)C(=O)O. The standard InChI is InChI=1S/C21H33N5O5S/c1-13(24-19(28)15(23)11-14-7-3-2-4-8-14)18(27)26-17(12-32)20(29)25-16(21(30)31)9-5-6-10-22/h2-4,7-8,13,15-17,32H,5-6,9-12,22-23H2,1H3,(H,24,28)(H,25,29)(H,26,27)(H,30,31). The van der Waals surface area contributed by atoms with Crippen LogP contribution in [-0.4, -0.2) is 65.3 Å². The highest BCUT2D eigenvalue weighted by atomic mass is 32.1. The van der Waals surface area contributed by atoms with Gasteiger partial charge in [0.2, 0.25) is 17.7 Å². The van der Waals surface area contributed by atoms with Crippen LogP contribution in [0.2, 0.25) is 0 Å². The Hall–Kier alpha value is -2.63. The summed E-state index contributed by atoms with van der Waals surface area (Å²) in [6, 6.07) is 5.26. The number of unbranched alkanes of at least 4 members (excludes halogenated alkanes) is 1. The lowest BCUT2D eigenvalue weighted by Gasteiger charge is -2.22. The van der Waals surface area contributed by atoms with Crippen molar-refractivity contribution in [2.75, 3.05) is 12.3 Å². The Labute approximate surface area is 193 Å². The summed E-state index contributed by atoms with van der Waals surface area (Å²) in [5, 5.41) is 16.7. The van der Waals surface area contributed by atoms with Crippen molar-refractivity contribution in [1.82, 2.24) is 16.0 Å². The molecule has 178 valence electrons. The topological polar surface area (TPSA) is 177 Å². The molecule has 0 aliphatic rings. The largest absolute Gasteiger partial charge is 0.480 e. The van der Waals surface area contributed by atoms with Crippen molar-refractivity contribution in [3.05, 3.63) is 35.9 Å². The zero-order valence-electron chi connectivity index (χ0n) is 18.1. The van der Waals surface area contributed by atoms with Crippen molar-refractivity contribution < 1.29 is 24.3 Å². The number of amides is 3. The van der Waals surface area contributed by atoms with Gasteiger partial charge in [-0.25, -0.2) is 4.79 Å². The van der Waals surface area contributed by atoms with Crippen LogP contribution >= 0.6 is 12.6 Å². The molecule has 0 aromatic heterocycles. The van der Waals surface area contributed by atoms with Crippen LogP contribution in [0.3, 0.4) is 0 Å². The first-order chi connectivity index (χ1) is 15.2. The number of thiol groups is 1. The first-order valence-electron chi connectivity index (χ1n) is 10.4. The Morgan fingerprint density at radius 3 is 2.16 bits per heavy atom. The minimum absolute atomic E-state index is 0.0547. The molecule has 0 radical (unpaired) electrons. The molecule has 32 heavy (non-hydrogen) atoms. The maximum atomic E-state index is 12.5. The lowest BCUT2D eigenvalue weighted by Crippen LogP contribution is -2.57. The second-order valence-corrected chi connectivity index (χ2v) is 7.82. The maximum absolute atomic E-state index is 12.5. The lowest BCUT2D eigenvalue weighted by atomic mass is 10.1. The molecule has 8 N–H and O–H groups in total. The fourth-order valence-electron chi connectivity index (χ4n) is 2.86. The molecule has 4 atom stereocenters. The molecule has 0 bridgehead atoms. The van der Waals surface area contributed by atoms with Crippen LogP contribution in [0.15, 0.2) is 30.3 Å². The van der Waals surface area contributed by atoms with E-state index in [0.717, 1.165) is 5.56 Å². The van der Waals surface area contributed by atoms with Crippen LogP contribution in [0.5, 0.6) is 0 Å². The molecule has 4 unspecified atom stereocenters. The molecule has 0 saturated heterocycles. The Balaban J connectivity index is 2.59. The number of nitrogens with two attached hydrogens (primary N) is 2. The van der Waals surface area contributed by atoms with Crippen molar-refractivity contribution >= 4 is 36.3 Å². The molecule has 0 fully saturated rings. The van der Waals surface area contributed by atoms with Gasteiger partial charge in [-0.05, 0) is 44.7 Å². The number of hydrogen-bond acceptors (Lipinski definition) is 7. The first-order valence-corrected chi connectivity index (χ1v) is 11.1. The van der Waals surface area contributed by atoms with Crippen molar-refractivity contribution in [3.8, 4) is 0 Å². The number of rotatable bonds is 14. The summed E-state index contributed by atoms with van der Waals surface area (Å²) in [5.74, 6) is -3.02. The fourth-order valence-corrected chi connectivity index (χ4v) is 3.12. The van der Waals surface area contributed by atoms with Gasteiger partial charge in [-0.3, -0.25) is 14.4 Å². The second kappa shape index (κ2) is 14.4. The van der Waals surface area contributed by atoms with E-state index in [9.17, 15) is 24.3 Å². The third-order valence-corrected chi connectivity index (χ3v) is 5.13. The highest BCUT2D eigenvalue weighted by molar-refractivity contribution is 7.80. The summed E-state index contributed by atoms with van der Waals surface area (Å²) in [6.45, 7) is 1.89. The normalized spacial score (nSPS) is 14.5. The van der Waals surface area contributed by atoms with Gasteiger partial charge in [-0.15, -0.1) is 0 Å². The Kier molecular flexibility index (Phi) is 12.4. The smallest absolute Gasteiger partial charge is 0.326 e. The van der Waals surface area contributed by atoms with Gasteiger partial charge in [0.25, 0.3) is 0 Å². The minimum Gasteiger partial charge on any atom is -0.480 e. The number of aliphatic carboxylic acids is 1. The molecule has 1 aromatic rings. The van der Waals surface area contributed by atoms with E-state index in [-0.39, 0.29) is 12.2 Å². The molecule has 0 heterocycles. The van der Waals surface area contributed by atoms with E-state index in [0.29, 0.717) is 25.8 Å². The monoisotopic (exact) mass is 467 g/mol. The third-order valence-electron chi connectivity index (χ3n) is 4.76. The number of nitrogens with one attached hydrogen (secondary N) is 3. The summed E-state index contributed by atoms with van der Waals surface area (Å²) in [5.41, 5.74) is 12.2. The number of carboxylic acid groups (broad SMARTS) is 1. The van der Waals surface area contributed by atoms with E-state index in [1.54, 1.807) is 0 Å². The number of carbonyl (C=O) groups is 4. The summed E-state index contributed by atoms with van der Waals surface area (Å²) < 4.78 is 0. The third kappa shape index (κ3) is 9.67. The minimum atomic E-state index is -1.17. The second-order valence-electron chi connectivity index (χ2n) is 7.45. The van der Waals surface area contributed by atoms with Crippen molar-refractivity contribution in [1.29, 1.82) is 0 Å². The van der Waals surface area contributed by atoms with Crippen LogP contribution in [0.25, 0.3) is 0 Å². The van der Waals surface area contributed by atoms with E-state index in [4.69, 9.17) is 11.5 Å². The molecular formula is C21H33N5O5S. The molecule has 0 aliphatic carbocycles. The predicted molar refractivity (Wildman–Crippen MR) is 124 cm³/mol. The molecule has 10 nitrogen and oxygen atoms in total. The van der Waals surface area contributed by atoms with Gasteiger partial charge in [-0.2, -0.15) is 12.6 Å². The summed E-state index contributed by atoms with van der Waals surface area (Å²) >= 11 is 4.07. The van der Waals surface area contributed by atoms with E-state index in [1.807, 2.05) is 30.3 Å². The number of carbonyl (C=O) groups excluding carboxylic acids is 3. The molecule has 3 amide bonds. The van der Waals surface area contributed by atoms with Gasteiger partial charge in [0.05, 0.1) is 6.04 Å². The summed E-state index contributed by atoms with van der Waals surface area (Å²) in [6.07, 6.45) is 1.70. The highest BCUT2D eigenvalue weighted by Crippen LogP contribution is 2.04. The van der Waals surface area contributed by atoms with Gasteiger partial charge in [-0.1, -0.05) is 30.3 Å². The Morgan fingerprint density at radius 2 is 1.59 bits per heavy atom. The van der Waals surface area contributed by atoms with Crippen molar-refractivity contribution in [2.45, 2.75) is 56.8 Å². The van der Waals surface area contributed by atoms with Gasteiger partial charge in [0.15, 0.2) is 0 Å². The quantitative estimate of drug-likeness (QED) is 0.138. The predicted octanol–water partition coefficient (Wildman–Crippen LogP) is -0.826. The van der Waals surface area contributed by atoms with E-state index < -0.39 is 47.9 Å². The van der Waals surface area contributed by atoms with E-state index in [2.05, 4.69) is 28.6 Å². The number of carboxylic acids is 1. The average molecular weight is 468 g/mol. The molecule has 0 saturated carbocycles. The average Bonchev–Trinajstić information content (AvgIpc) is 2.76. The molecule has 0 aliphatic heterocycles. The molecular weight excluding hydrogens is 434 g/mol. The molecule has 1 rings (SSSR count). The zero-order valence-corrected chi connectivity index (χ0v) is 19.0. The number of hydrogen-bond donors (Lipinski definition) is 7. The van der Waals surface area contributed by atoms with E-state index in [1.165, 1.54) is 6.92 Å². The summed E-state index contributed by atoms with van der Waals surface area (Å²) in [4.78, 5) is 48.6. The van der Waals surface area contributed by atoms with Gasteiger partial charge in [0.1, 0.15) is 18.1 Å². The van der Waals surface area contributed by atoms with Gasteiger partial charge >= 0.3 is 5.97 Å². The summed E-state index contributed by atoms with van der Waals surface area (Å²) in [7, 11) is 0. The lowest BCUT2D eigenvalue weighted by molar-refractivity contribution is -0.142. The highest BCUT2D eigenvalue weighted by Gasteiger charge is 2.28. The molecule has 0 spiro atoms. The molecule has 1 aromatic carbocycles. The Bertz CT molecular complexity index is 764. The van der Waals surface area contributed by atoms with Crippen LogP contribution in [0.4, 0.5) is 0 Å².